The highest BCUT2D eigenvalue weighted by Crippen LogP contribution is 2.22. The molecule has 88 valence electrons. The highest BCUT2D eigenvalue weighted by Gasteiger charge is 2.03. The van der Waals surface area contributed by atoms with Crippen LogP contribution in [0.2, 0.25) is 0 Å². The Kier molecular flexibility index (Phi) is 3.31. The lowest BCUT2D eigenvalue weighted by atomic mass is 10.2. The molecule has 3 heteroatoms. The molecule has 0 heterocycles. The van der Waals surface area contributed by atoms with Gasteiger partial charge in [-0.05, 0) is 42.5 Å². The lowest BCUT2D eigenvalue weighted by Crippen LogP contribution is -1.95. The van der Waals surface area contributed by atoms with Crippen LogP contribution in [0.1, 0.15) is 15.9 Å². The summed E-state index contributed by atoms with van der Waals surface area (Å²) in [7, 11) is 0. The van der Waals surface area contributed by atoms with E-state index in [1.165, 1.54) is 12.1 Å². The summed E-state index contributed by atoms with van der Waals surface area (Å²) in [6.45, 7) is 0. The van der Waals surface area contributed by atoms with E-state index in [9.17, 15) is 4.79 Å². The number of carbonyl (C=O) groups is 1. The molecule has 3 nitrogen and oxygen atoms in total. The van der Waals surface area contributed by atoms with Crippen LogP contribution in [0.5, 0.6) is 11.5 Å². The van der Waals surface area contributed by atoms with Crippen LogP contribution >= 0.6 is 0 Å². The second kappa shape index (κ2) is 5.07. The molecule has 0 unspecified atom stereocenters. The SMILES string of the molecule is C#Cc1cccc(Oc2ccc(C(=O)O)cc2)c1. The number of terminal acetylenes is 1. The number of aromatic carboxylic acids is 1. The van der Waals surface area contributed by atoms with E-state index in [4.69, 9.17) is 16.3 Å². The molecule has 0 atom stereocenters. The molecule has 0 aliphatic heterocycles. The third-order valence-corrected chi connectivity index (χ3v) is 2.34. The summed E-state index contributed by atoms with van der Waals surface area (Å²) < 4.78 is 5.57. The van der Waals surface area contributed by atoms with Gasteiger partial charge in [-0.3, -0.25) is 0 Å². The van der Waals surface area contributed by atoms with Crippen molar-refractivity contribution in [3.05, 3.63) is 59.7 Å². The van der Waals surface area contributed by atoms with Crippen molar-refractivity contribution in [2.75, 3.05) is 0 Å². The van der Waals surface area contributed by atoms with Crippen molar-refractivity contribution in [1.82, 2.24) is 0 Å². The van der Waals surface area contributed by atoms with Gasteiger partial charge >= 0.3 is 5.97 Å². The van der Waals surface area contributed by atoms with Gasteiger partial charge in [0.05, 0.1) is 5.56 Å². The van der Waals surface area contributed by atoms with E-state index in [-0.39, 0.29) is 5.56 Å². The summed E-state index contributed by atoms with van der Waals surface area (Å²) >= 11 is 0. The molecule has 1 N–H and O–H groups in total. The van der Waals surface area contributed by atoms with E-state index in [1.54, 1.807) is 36.4 Å². The first-order valence-corrected chi connectivity index (χ1v) is 5.27. The molecule has 0 aliphatic rings. The molecule has 0 radical (unpaired) electrons. The maximum Gasteiger partial charge on any atom is 0.335 e. The molecule has 0 spiro atoms. The minimum absolute atomic E-state index is 0.222. The van der Waals surface area contributed by atoms with Gasteiger partial charge in [-0.15, -0.1) is 6.42 Å². The molecule has 0 aromatic heterocycles. The number of benzene rings is 2. The average Bonchev–Trinajstić information content (AvgIpc) is 2.39. The smallest absolute Gasteiger partial charge is 0.335 e. The molecule has 0 bridgehead atoms. The lowest BCUT2D eigenvalue weighted by Gasteiger charge is -2.06. The Morgan fingerprint density at radius 3 is 2.44 bits per heavy atom. The normalized spacial score (nSPS) is 9.50. The van der Waals surface area contributed by atoms with Crippen molar-refractivity contribution in [1.29, 1.82) is 0 Å². The Morgan fingerprint density at radius 2 is 1.83 bits per heavy atom. The van der Waals surface area contributed by atoms with Crippen molar-refractivity contribution < 1.29 is 14.6 Å². The van der Waals surface area contributed by atoms with Crippen molar-refractivity contribution in [3.63, 3.8) is 0 Å². The number of hydrogen-bond donors (Lipinski definition) is 1. The quantitative estimate of drug-likeness (QED) is 0.835. The maximum atomic E-state index is 10.7. The fourth-order valence-electron chi connectivity index (χ4n) is 1.45. The zero-order chi connectivity index (χ0) is 13.0. The lowest BCUT2D eigenvalue weighted by molar-refractivity contribution is 0.0697. The molecular formula is C15H10O3. The minimum atomic E-state index is -0.962. The second-order valence-corrected chi connectivity index (χ2v) is 3.60. The van der Waals surface area contributed by atoms with Gasteiger partial charge in [-0.25, -0.2) is 4.79 Å². The molecule has 0 amide bonds. The fraction of sp³-hybridized carbons (Fsp3) is 0. The molecule has 2 aromatic carbocycles. The van der Waals surface area contributed by atoms with Gasteiger partial charge < -0.3 is 9.84 Å². The van der Waals surface area contributed by atoms with E-state index in [0.29, 0.717) is 11.5 Å². The third kappa shape index (κ3) is 2.69. The molecule has 0 aliphatic carbocycles. The zero-order valence-electron chi connectivity index (χ0n) is 9.46. The van der Waals surface area contributed by atoms with Crippen LogP contribution in [0.25, 0.3) is 0 Å². The van der Waals surface area contributed by atoms with Crippen LogP contribution in [-0.4, -0.2) is 11.1 Å². The Balaban J connectivity index is 2.18. The second-order valence-electron chi connectivity index (χ2n) is 3.60. The summed E-state index contributed by atoms with van der Waals surface area (Å²) in [6.07, 6.45) is 5.29. The number of carboxylic acid groups (broad SMARTS) is 1. The zero-order valence-corrected chi connectivity index (χ0v) is 9.46. The third-order valence-electron chi connectivity index (χ3n) is 2.34. The first kappa shape index (κ1) is 11.7. The molecule has 2 rings (SSSR count). The number of carboxylic acids is 1. The van der Waals surface area contributed by atoms with Gasteiger partial charge in [-0.2, -0.15) is 0 Å². The van der Waals surface area contributed by atoms with E-state index in [0.717, 1.165) is 5.56 Å². The van der Waals surface area contributed by atoms with E-state index in [2.05, 4.69) is 5.92 Å². The Bertz CT molecular complexity index is 606. The summed E-state index contributed by atoms with van der Waals surface area (Å²) in [5.74, 6) is 2.74. The van der Waals surface area contributed by atoms with Crippen LogP contribution in [0.15, 0.2) is 48.5 Å². The standard InChI is InChI=1S/C15H10O3/c1-2-11-4-3-5-14(10-11)18-13-8-6-12(7-9-13)15(16)17/h1,3-10H,(H,16,17). The summed E-state index contributed by atoms with van der Waals surface area (Å²) in [5, 5.41) is 8.77. The number of ether oxygens (including phenoxy) is 1. The molecule has 0 fully saturated rings. The maximum absolute atomic E-state index is 10.7. The van der Waals surface area contributed by atoms with Crippen LogP contribution < -0.4 is 4.74 Å². The van der Waals surface area contributed by atoms with Gasteiger partial charge in [0.2, 0.25) is 0 Å². The summed E-state index contributed by atoms with van der Waals surface area (Å²) in [6, 6.07) is 13.3. The van der Waals surface area contributed by atoms with Gasteiger partial charge in [-0.1, -0.05) is 12.0 Å². The summed E-state index contributed by atoms with van der Waals surface area (Å²) in [4.78, 5) is 10.7. The molecular weight excluding hydrogens is 228 g/mol. The van der Waals surface area contributed by atoms with Crippen molar-refractivity contribution in [3.8, 4) is 23.8 Å². The van der Waals surface area contributed by atoms with Gasteiger partial charge in [0.15, 0.2) is 0 Å². The first-order valence-electron chi connectivity index (χ1n) is 5.27. The molecule has 0 saturated carbocycles. The van der Waals surface area contributed by atoms with Crippen molar-refractivity contribution in [2.24, 2.45) is 0 Å². The number of hydrogen-bond acceptors (Lipinski definition) is 2. The predicted octanol–water partition coefficient (Wildman–Crippen LogP) is 3.16. The predicted molar refractivity (Wildman–Crippen MR) is 67.9 cm³/mol. The molecule has 0 saturated heterocycles. The fourth-order valence-corrected chi connectivity index (χ4v) is 1.45. The van der Waals surface area contributed by atoms with Gasteiger partial charge in [0.1, 0.15) is 11.5 Å². The monoisotopic (exact) mass is 238 g/mol. The Labute approximate surface area is 105 Å². The first-order chi connectivity index (χ1) is 8.69. The summed E-state index contributed by atoms with van der Waals surface area (Å²) in [5.41, 5.74) is 0.953. The minimum Gasteiger partial charge on any atom is -0.478 e. The van der Waals surface area contributed by atoms with E-state index >= 15 is 0 Å². The molecule has 2 aromatic rings. The highest BCUT2D eigenvalue weighted by molar-refractivity contribution is 5.87. The Hall–Kier alpha value is -2.73. The topological polar surface area (TPSA) is 46.5 Å². The highest BCUT2D eigenvalue weighted by atomic mass is 16.5. The Morgan fingerprint density at radius 1 is 1.11 bits per heavy atom. The van der Waals surface area contributed by atoms with Gasteiger partial charge in [0, 0.05) is 5.56 Å². The number of rotatable bonds is 3. The van der Waals surface area contributed by atoms with E-state index < -0.39 is 5.97 Å². The van der Waals surface area contributed by atoms with Crippen LogP contribution in [0, 0.1) is 12.3 Å². The van der Waals surface area contributed by atoms with Crippen LogP contribution in [0.4, 0.5) is 0 Å². The van der Waals surface area contributed by atoms with Crippen LogP contribution in [0.3, 0.4) is 0 Å². The van der Waals surface area contributed by atoms with Crippen LogP contribution in [-0.2, 0) is 0 Å². The average molecular weight is 238 g/mol. The largest absolute Gasteiger partial charge is 0.478 e. The van der Waals surface area contributed by atoms with Crippen molar-refractivity contribution >= 4 is 5.97 Å². The van der Waals surface area contributed by atoms with E-state index in [1.807, 2.05) is 0 Å². The van der Waals surface area contributed by atoms with Gasteiger partial charge in [0.25, 0.3) is 0 Å². The molecule has 18 heavy (non-hydrogen) atoms. The van der Waals surface area contributed by atoms with Crippen molar-refractivity contribution in [2.45, 2.75) is 0 Å².